The zero-order chi connectivity index (χ0) is 9.30. The third-order valence-electron chi connectivity index (χ3n) is 1.88. The highest BCUT2D eigenvalue weighted by Gasteiger charge is 2.19. The van der Waals surface area contributed by atoms with E-state index in [4.69, 9.17) is 5.11 Å². The Hall–Kier alpha value is -1.39. The first-order chi connectivity index (χ1) is 5.54. The molecule has 1 rings (SSSR count). The van der Waals surface area contributed by atoms with Gasteiger partial charge in [-0.3, -0.25) is 4.79 Å². The van der Waals surface area contributed by atoms with Crippen LogP contribution in [0.15, 0.2) is 0 Å². The summed E-state index contributed by atoms with van der Waals surface area (Å²) >= 11 is 0. The second kappa shape index (κ2) is 2.92. The number of aromatic nitrogens is 3. The zero-order valence-electron chi connectivity index (χ0n) is 7.27. The van der Waals surface area contributed by atoms with E-state index in [1.807, 2.05) is 0 Å². The van der Waals surface area contributed by atoms with Crippen molar-refractivity contribution < 1.29 is 9.90 Å². The van der Waals surface area contributed by atoms with Gasteiger partial charge >= 0.3 is 5.97 Å². The Kier molecular flexibility index (Phi) is 2.12. The average molecular weight is 169 g/mol. The molecular weight excluding hydrogens is 158 g/mol. The van der Waals surface area contributed by atoms with E-state index in [1.165, 1.54) is 0 Å². The van der Waals surface area contributed by atoms with Crippen LogP contribution in [-0.4, -0.2) is 25.8 Å². The highest BCUT2D eigenvalue weighted by molar-refractivity contribution is 5.74. The van der Waals surface area contributed by atoms with E-state index in [0.29, 0.717) is 5.82 Å². The molecule has 0 saturated carbocycles. The van der Waals surface area contributed by atoms with Crippen molar-refractivity contribution in [3.8, 4) is 0 Å². The van der Waals surface area contributed by atoms with Gasteiger partial charge in [-0.25, -0.2) is 0 Å². The van der Waals surface area contributed by atoms with Crippen molar-refractivity contribution in [1.29, 1.82) is 0 Å². The molecule has 66 valence electrons. The molecule has 0 aliphatic rings. The summed E-state index contributed by atoms with van der Waals surface area (Å²) in [6.45, 7) is 3.37. The van der Waals surface area contributed by atoms with Gasteiger partial charge in [-0.1, -0.05) is 0 Å². The summed E-state index contributed by atoms with van der Waals surface area (Å²) in [6, 6.07) is 0. The van der Waals surface area contributed by atoms with Crippen LogP contribution in [0.2, 0.25) is 0 Å². The molecule has 5 nitrogen and oxygen atoms in total. The van der Waals surface area contributed by atoms with Gasteiger partial charge in [0.15, 0.2) is 0 Å². The number of rotatable bonds is 2. The molecule has 1 heterocycles. The molecule has 0 radical (unpaired) electrons. The first kappa shape index (κ1) is 8.70. The predicted molar refractivity (Wildman–Crippen MR) is 41.8 cm³/mol. The van der Waals surface area contributed by atoms with Crippen LogP contribution in [0.3, 0.4) is 0 Å². The largest absolute Gasteiger partial charge is 0.481 e. The molecule has 0 aromatic carbocycles. The van der Waals surface area contributed by atoms with Crippen LogP contribution < -0.4 is 0 Å². The van der Waals surface area contributed by atoms with Crippen molar-refractivity contribution in [1.82, 2.24) is 14.8 Å². The van der Waals surface area contributed by atoms with E-state index in [1.54, 1.807) is 25.5 Å². The molecule has 0 fully saturated rings. The molecule has 0 bridgehead atoms. The maximum absolute atomic E-state index is 10.6. The van der Waals surface area contributed by atoms with Crippen LogP contribution in [-0.2, 0) is 11.8 Å². The second-order valence-electron chi connectivity index (χ2n) is 2.72. The third-order valence-corrected chi connectivity index (χ3v) is 1.88. The number of hydrogen-bond acceptors (Lipinski definition) is 3. The summed E-state index contributed by atoms with van der Waals surface area (Å²) in [5, 5.41) is 16.2. The van der Waals surface area contributed by atoms with Crippen LogP contribution in [0, 0.1) is 6.92 Å². The monoisotopic (exact) mass is 169 g/mol. The fourth-order valence-corrected chi connectivity index (χ4v) is 0.911. The minimum absolute atomic E-state index is 0.486. The Morgan fingerprint density at radius 2 is 2.17 bits per heavy atom. The Labute approximate surface area is 70.0 Å². The van der Waals surface area contributed by atoms with E-state index < -0.39 is 11.9 Å². The van der Waals surface area contributed by atoms with Crippen molar-refractivity contribution in [2.75, 3.05) is 0 Å². The number of carbonyl (C=O) groups is 1. The van der Waals surface area contributed by atoms with Gasteiger partial charge in [0.1, 0.15) is 17.6 Å². The first-order valence-electron chi connectivity index (χ1n) is 3.62. The number of carboxylic acids is 1. The molecule has 1 unspecified atom stereocenters. The lowest BCUT2D eigenvalue weighted by Crippen LogP contribution is -2.12. The van der Waals surface area contributed by atoms with Gasteiger partial charge in [-0.2, -0.15) is 0 Å². The molecular formula is C7H11N3O2. The molecule has 1 atom stereocenters. The predicted octanol–water partition coefficient (Wildman–Crippen LogP) is 0.312. The number of hydrogen-bond donors (Lipinski definition) is 1. The average Bonchev–Trinajstić information content (AvgIpc) is 2.32. The van der Waals surface area contributed by atoms with E-state index in [-0.39, 0.29) is 0 Å². The van der Waals surface area contributed by atoms with Gasteiger partial charge in [0.25, 0.3) is 0 Å². The van der Waals surface area contributed by atoms with Crippen LogP contribution in [0.1, 0.15) is 24.5 Å². The van der Waals surface area contributed by atoms with Gasteiger partial charge < -0.3 is 9.67 Å². The maximum atomic E-state index is 10.6. The summed E-state index contributed by atoms with van der Waals surface area (Å²) in [5.74, 6) is -0.278. The molecule has 12 heavy (non-hydrogen) atoms. The van der Waals surface area contributed by atoms with E-state index in [0.717, 1.165) is 5.82 Å². The lowest BCUT2D eigenvalue weighted by Gasteiger charge is -2.04. The standard InChI is InChI=1S/C7H11N3O2/c1-4(7(11)12)6-9-8-5(2)10(6)3/h4H,1-3H3,(H,11,12). The molecule has 1 aromatic rings. The van der Waals surface area contributed by atoms with Crippen LogP contribution >= 0.6 is 0 Å². The summed E-state index contributed by atoms with van der Waals surface area (Å²) in [7, 11) is 1.75. The summed E-state index contributed by atoms with van der Waals surface area (Å²) in [6.07, 6.45) is 0. The Morgan fingerprint density at radius 1 is 1.58 bits per heavy atom. The van der Waals surface area contributed by atoms with Crippen molar-refractivity contribution in [3.05, 3.63) is 11.6 Å². The van der Waals surface area contributed by atoms with Gasteiger partial charge in [-0.15, -0.1) is 10.2 Å². The fraction of sp³-hybridized carbons (Fsp3) is 0.571. The van der Waals surface area contributed by atoms with Crippen molar-refractivity contribution in [2.24, 2.45) is 7.05 Å². The number of aliphatic carboxylic acids is 1. The summed E-state index contributed by atoms with van der Waals surface area (Å²) in [4.78, 5) is 10.6. The molecule has 0 spiro atoms. The number of aryl methyl sites for hydroxylation is 1. The van der Waals surface area contributed by atoms with Gasteiger partial charge in [0, 0.05) is 7.05 Å². The Bertz CT molecular complexity index is 306. The molecule has 0 amide bonds. The Balaban J connectivity index is 3.03. The molecule has 0 aliphatic carbocycles. The van der Waals surface area contributed by atoms with Crippen LogP contribution in [0.25, 0.3) is 0 Å². The van der Waals surface area contributed by atoms with Gasteiger partial charge in [-0.05, 0) is 13.8 Å². The zero-order valence-corrected chi connectivity index (χ0v) is 7.27. The summed E-state index contributed by atoms with van der Waals surface area (Å²) in [5.41, 5.74) is 0. The third kappa shape index (κ3) is 1.30. The smallest absolute Gasteiger partial charge is 0.313 e. The van der Waals surface area contributed by atoms with E-state index >= 15 is 0 Å². The van der Waals surface area contributed by atoms with Crippen molar-refractivity contribution >= 4 is 5.97 Å². The minimum atomic E-state index is -0.884. The molecule has 0 aliphatic heterocycles. The van der Waals surface area contributed by atoms with E-state index in [9.17, 15) is 4.79 Å². The maximum Gasteiger partial charge on any atom is 0.313 e. The lowest BCUT2D eigenvalue weighted by atomic mass is 10.2. The highest BCUT2D eigenvalue weighted by Crippen LogP contribution is 2.12. The minimum Gasteiger partial charge on any atom is -0.481 e. The quantitative estimate of drug-likeness (QED) is 0.691. The SMILES string of the molecule is Cc1nnc(C(C)C(=O)O)n1C. The molecule has 0 saturated heterocycles. The Morgan fingerprint density at radius 3 is 2.50 bits per heavy atom. The lowest BCUT2D eigenvalue weighted by molar-refractivity contribution is -0.138. The van der Waals surface area contributed by atoms with Gasteiger partial charge in [0.2, 0.25) is 0 Å². The first-order valence-corrected chi connectivity index (χ1v) is 3.62. The molecule has 1 N–H and O–H groups in total. The van der Waals surface area contributed by atoms with Crippen LogP contribution in [0.4, 0.5) is 0 Å². The highest BCUT2D eigenvalue weighted by atomic mass is 16.4. The van der Waals surface area contributed by atoms with Gasteiger partial charge in [0.05, 0.1) is 0 Å². The fourth-order valence-electron chi connectivity index (χ4n) is 0.911. The second-order valence-corrected chi connectivity index (χ2v) is 2.72. The summed E-state index contributed by atoms with van der Waals surface area (Å²) < 4.78 is 1.68. The number of nitrogens with zero attached hydrogens (tertiary/aromatic N) is 3. The molecule has 1 aromatic heterocycles. The number of carboxylic acid groups (broad SMARTS) is 1. The molecule has 5 heteroatoms. The van der Waals surface area contributed by atoms with Crippen molar-refractivity contribution in [3.63, 3.8) is 0 Å². The normalized spacial score (nSPS) is 12.9. The van der Waals surface area contributed by atoms with Crippen molar-refractivity contribution in [2.45, 2.75) is 19.8 Å². The van der Waals surface area contributed by atoms with E-state index in [2.05, 4.69) is 10.2 Å². The van der Waals surface area contributed by atoms with Crippen LogP contribution in [0.5, 0.6) is 0 Å². The topological polar surface area (TPSA) is 68.0 Å².